The highest BCUT2D eigenvalue weighted by Crippen LogP contribution is 1.94. The first-order valence-electron chi connectivity index (χ1n) is 5.23. The van der Waals surface area contributed by atoms with Crippen molar-refractivity contribution in [2.75, 3.05) is 26.7 Å². The molecule has 0 aromatic carbocycles. The SMILES string of the molecule is CCCNC(=O)CN(C)C(=O)CCCO. The van der Waals surface area contributed by atoms with Crippen molar-refractivity contribution in [1.29, 1.82) is 0 Å². The Hall–Kier alpha value is -1.10. The van der Waals surface area contributed by atoms with Crippen molar-refractivity contribution in [2.45, 2.75) is 26.2 Å². The predicted molar refractivity (Wildman–Crippen MR) is 57.3 cm³/mol. The van der Waals surface area contributed by atoms with Crippen molar-refractivity contribution < 1.29 is 14.7 Å². The Balaban J connectivity index is 3.75. The average molecular weight is 216 g/mol. The van der Waals surface area contributed by atoms with E-state index in [1.54, 1.807) is 7.05 Å². The molecule has 5 nitrogen and oxygen atoms in total. The van der Waals surface area contributed by atoms with E-state index < -0.39 is 0 Å². The Labute approximate surface area is 90.5 Å². The zero-order chi connectivity index (χ0) is 11.7. The molecule has 0 fully saturated rings. The smallest absolute Gasteiger partial charge is 0.239 e. The third kappa shape index (κ3) is 6.90. The number of nitrogens with zero attached hydrogens (tertiary/aromatic N) is 1. The Morgan fingerprint density at radius 1 is 1.40 bits per heavy atom. The first kappa shape index (κ1) is 13.9. The molecule has 0 radical (unpaired) electrons. The monoisotopic (exact) mass is 216 g/mol. The number of aliphatic hydroxyl groups excluding tert-OH is 1. The molecule has 0 aliphatic rings. The molecule has 0 saturated carbocycles. The van der Waals surface area contributed by atoms with Gasteiger partial charge in [0.1, 0.15) is 0 Å². The van der Waals surface area contributed by atoms with Gasteiger partial charge < -0.3 is 15.3 Å². The topological polar surface area (TPSA) is 69.6 Å². The summed E-state index contributed by atoms with van der Waals surface area (Å²) < 4.78 is 0. The molecule has 0 aromatic heterocycles. The van der Waals surface area contributed by atoms with E-state index >= 15 is 0 Å². The van der Waals surface area contributed by atoms with Gasteiger partial charge in [-0.05, 0) is 12.8 Å². The normalized spacial score (nSPS) is 9.80. The summed E-state index contributed by atoms with van der Waals surface area (Å²) in [6.07, 6.45) is 1.61. The van der Waals surface area contributed by atoms with Crippen LogP contribution in [0.25, 0.3) is 0 Å². The fourth-order valence-electron chi connectivity index (χ4n) is 1.05. The first-order chi connectivity index (χ1) is 7.11. The average Bonchev–Trinajstić information content (AvgIpc) is 2.22. The Morgan fingerprint density at radius 2 is 2.07 bits per heavy atom. The van der Waals surface area contributed by atoms with Crippen LogP contribution in [-0.2, 0) is 9.59 Å². The van der Waals surface area contributed by atoms with Crippen LogP contribution in [0.1, 0.15) is 26.2 Å². The highest BCUT2D eigenvalue weighted by molar-refractivity contribution is 5.84. The summed E-state index contributed by atoms with van der Waals surface area (Å²) in [5.74, 6) is -0.257. The zero-order valence-corrected chi connectivity index (χ0v) is 9.45. The maximum atomic E-state index is 11.3. The van der Waals surface area contributed by atoms with Crippen molar-refractivity contribution in [2.24, 2.45) is 0 Å². The molecule has 0 unspecified atom stereocenters. The summed E-state index contributed by atoms with van der Waals surface area (Å²) in [6.45, 7) is 2.69. The molecule has 0 aliphatic carbocycles. The summed E-state index contributed by atoms with van der Waals surface area (Å²) in [5.41, 5.74) is 0. The van der Waals surface area contributed by atoms with Crippen LogP contribution in [0.3, 0.4) is 0 Å². The highest BCUT2D eigenvalue weighted by atomic mass is 16.3. The number of nitrogens with one attached hydrogen (secondary N) is 1. The predicted octanol–water partition coefficient (Wildman–Crippen LogP) is -0.257. The fraction of sp³-hybridized carbons (Fsp3) is 0.800. The number of hydrogen-bond donors (Lipinski definition) is 2. The van der Waals surface area contributed by atoms with Crippen molar-refractivity contribution >= 4 is 11.8 Å². The van der Waals surface area contributed by atoms with Gasteiger partial charge in [0.25, 0.3) is 0 Å². The number of amides is 2. The van der Waals surface area contributed by atoms with E-state index in [1.807, 2.05) is 6.92 Å². The maximum absolute atomic E-state index is 11.3. The minimum Gasteiger partial charge on any atom is -0.396 e. The fourth-order valence-corrected chi connectivity index (χ4v) is 1.05. The lowest BCUT2D eigenvalue weighted by Gasteiger charge is -2.16. The Morgan fingerprint density at radius 3 is 2.60 bits per heavy atom. The lowest BCUT2D eigenvalue weighted by molar-refractivity contribution is -0.134. The molecule has 0 aliphatic heterocycles. The van der Waals surface area contributed by atoms with Gasteiger partial charge in [0, 0.05) is 26.6 Å². The van der Waals surface area contributed by atoms with Gasteiger partial charge in [-0.1, -0.05) is 6.92 Å². The van der Waals surface area contributed by atoms with Crippen LogP contribution in [0, 0.1) is 0 Å². The van der Waals surface area contributed by atoms with Crippen LogP contribution in [0.15, 0.2) is 0 Å². The Kier molecular flexibility index (Phi) is 7.62. The van der Waals surface area contributed by atoms with E-state index in [1.165, 1.54) is 4.90 Å². The second-order valence-corrected chi connectivity index (χ2v) is 3.43. The van der Waals surface area contributed by atoms with Crippen LogP contribution < -0.4 is 5.32 Å². The van der Waals surface area contributed by atoms with Gasteiger partial charge in [-0.25, -0.2) is 0 Å². The molecular formula is C10H20N2O3. The van der Waals surface area contributed by atoms with Crippen molar-refractivity contribution in [3.63, 3.8) is 0 Å². The molecule has 0 rings (SSSR count). The van der Waals surface area contributed by atoms with Gasteiger partial charge >= 0.3 is 0 Å². The number of rotatable bonds is 7. The lowest BCUT2D eigenvalue weighted by Crippen LogP contribution is -2.38. The van der Waals surface area contributed by atoms with E-state index in [4.69, 9.17) is 5.11 Å². The number of hydrogen-bond acceptors (Lipinski definition) is 3. The van der Waals surface area contributed by atoms with Gasteiger partial charge in [0.05, 0.1) is 6.54 Å². The molecule has 15 heavy (non-hydrogen) atoms. The van der Waals surface area contributed by atoms with E-state index in [0.29, 0.717) is 13.0 Å². The van der Waals surface area contributed by atoms with Crippen molar-refractivity contribution in [3.8, 4) is 0 Å². The summed E-state index contributed by atoms with van der Waals surface area (Å²) in [7, 11) is 1.59. The zero-order valence-electron chi connectivity index (χ0n) is 9.45. The van der Waals surface area contributed by atoms with Crippen LogP contribution in [0.4, 0.5) is 0 Å². The maximum Gasteiger partial charge on any atom is 0.239 e. The molecule has 0 atom stereocenters. The highest BCUT2D eigenvalue weighted by Gasteiger charge is 2.11. The summed E-state index contributed by atoms with van der Waals surface area (Å²) >= 11 is 0. The molecule has 0 bridgehead atoms. The molecule has 88 valence electrons. The van der Waals surface area contributed by atoms with E-state index in [2.05, 4.69) is 5.32 Å². The number of aliphatic hydroxyl groups is 1. The van der Waals surface area contributed by atoms with E-state index in [0.717, 1.165) is 6.42 Å². The molecule has 0 heterocycles. The van der Waals surface area contributed by atoms with E-state index in [9.17, 15) is 9.59 Å². The standard InChI is InChI=1S/C10H20N2O3/c1-3-6-11-9(14)8-12(2)10(15)5-4-7-13/h13H,3-8H2,1-2H3,(H,11,14). The molecule has 2 N–H and O–H groups in total. The third-order valence-corrected chi connectivity index (χ3v) is 1.93. The van der Waals surface area contributed by atoms with Gasteiger partial charge in [0.2, 0.25) is 11.8 Å². The molecular weight excluding hydrogens is 196 g/mol. The number of carbonyl (C=O) groups is 2. The molecule has 5 heteroatoms. The summed E-state index contributed by atoms with van der Waals surface area (Å²) in [6, 6.07) is 0. The first-order valence-corrected chi connectivity index (χ1v) is 5.23. The second-order valence-electron chi connectivity index (χ2n) is 3.43. The van der Waals surface area contributed by atoms with Crippen LogP contribution in [-0.4, -0.2) is 48.6 Å². The number of likely N-dealkylation sites (N-methyl/N-ethyl adjacent to an activating group) is 1. The lowest BCUT2D eigenvalue weighted by atomic mass is 10.3. The van der Waals surface area contributed by atoms with Crippen LogP contribution in [0.2, 0.25) is 0 Å². The minimum atomic E-state index is -0.142. The minimum absolute atomic E-state index is 0.00160. The van der Waals surface area contributed by atoms with E-state index in [-0.39, 0.29) is 31.4 Å². The molecule has 0 spiro atoms. The largest absolute Gasteiger partial charge is 0.396 e. The summed E-state index contributed by atoms with van der Waals surface area (Å²) in [5, 5.41) is 11.2. The van der Waals surface area contributed by atoms with Gasteiger partial charge in [-0.15, -0.1) is 0 Å². The number of carbonyl (C=O) groups excluding carboxylic acids is 2. The van der Waals surface area contributed by atoms with Gasteiger partial charge in [0.15, 0.2) is 0 Å². The van der Waals surface area contributed by atoms with Crippen molar-refractivity contribution in [1.82, 2.24) is 10.2 Å². The summed E-state index contributed by atoms with van der Waals surface area (Å²) in [4.78, 5) is 24.0. The quantitative estimate of drug-likeness (QED) is 0.616. The Bertz CT molecular complexity index is 207. The van der Waals surface area contributed by atoms with Gasteiger partial charge in [-0.2, -0.15) is 0 Å². The van der Waals surface area contributed by atoms with Crippen LogP contribution in [0.5, 0.6) is 0 Å². The van der Waals surface area contributed by atoms with Crippen molar-refractivity contribution in [3.05, 3.63) is 0 Å². The second kappa shape index (κ2) is 8.23. The molecule has 0 saturated heterocycles. The van der Waals surface area contributed by atoms with Gasteiger partial charge in [-0.3, -0.25) is 9.59 Å². The molecule has 0 aromatic rings. The third-order valence-electron chi connectivity index (χ3n) is 1.93. The molecule has 2 amide bonds. The van der Waals surface area contributed by atoms with Crippen LogP contribution >= 0.6 is 0 Å².